The number of hydrogen-bond donors (Lipinski definition) is 1. The summed E-state index contributed by atoms with van der Waals surface area (Å²) in [7, 11) is 0. The molecule has 78 valence electrons. The number of carbonyl (C=O) groups is 1. The van der Waals surface area contributed by atoms with Crippen molar-refractivity contribution in [3.63, 3.8) is 0 Å². The van der Waals surface area contributed by atoms with Crippen LogP contribution in [0.5, 0.6) is 0 Å². The molecule has 1 aromatic rings. The van der Waals surface area contributed by atoms with Crippen molar-refractivity contribution in [2.24, 2.45) is 0 Å². The average Bonchev–Trinajstić information content (AvgIpc) is 2.18. The Balaban J connectivity index is 3.25. The van der Waals surface area contributed by atoms with Crippen molar-refractivity contribution in [1.82, 2.24) is 0 Å². The molecule has 0 bridgehead atoms. The van der Waals surface area contributed by atoms with Crippen molar-refractivity contribution in [3.05, 3.63) is 33.3 Å². The first-order chi connectivity index (χ1) is 7.10. The third-order valence-electron chi connectivity index (χ3n) is 2.16. The molecule has 0 saturated carbocycles. The van der Waals surface area contributed by atoms with E-state index in [1.807, 2.05) is 6.92 Å². The van der Waals surface area contributed by atoms with E-state index in [0.717, 1.165) is 11.1 Å². The van der Waals surface area contributed by atoms with Crippen LogP contribution in [0.15, 0.2) is 16.6 Å². The van der Waals surface area contributed by atoms with Gasteiger partial charge in [0.05, 0.1) is 12.0 Å². The predicted molar refractivity (Wildman–Crippen MR) is 59.6 cm³/mol. The van der Waals surface area contributed by atoms with Crippen LogP contribution in [0.3, 0.4) is 0 Å². The van der Waals surface area contributed by atoms with E-state index in [9.17, 15) is 4.79 Å². The minimum atomic E-state index is -0.860. The fourth-order valence-corrected chi connectivity index (χ4v) is 2.21. The molecule has 0 fully saturated rings. The number of hydrogen-bond acceptors (Lipinski definition) is 2. The lowest BCUT2D eigenvalue weighted by Gasteiger charge is -2.09. The molecule has 0 amide bonds. The van der Waals surface area contributed by atoms with E-state index >= 15 is 0 Å². The van der Waals surface area contributed by atoms with Crippen LogP contribution in [-0.4, -0.2) is 11.1 Å². The maximum atomic E-state index is 10.6. The highest BCUT2D eigenvalue weighted by molar-refractivity contribution is 9.10. The van der Waals surface area contributed by atoms with Crippen LogP contribution >= 0.6 is 15.9 Å². The average molecular weight is 268 g/mol. The molecular weight excluding hydrogens is 258 g/mol. The highest BCUT2D eigenvalue weighted by Gasteiger charge is 2.11. The summed E-state index contributed by atoms with van der Waals surface area (Å²) in [4.78, 5) is 10.6. The number of benzene rings is 1. The van der Waals surface area contributed by atoms with Gasteiger partial charge in [-0.1, -0.05) is 13.0 Å². The molecule has 3 nitrogen and oxygen atoms in total. The van der Waals surface area contributed by atoms with Gasteiger partial charge in [-0.15, -0.1) is 0 Å². The van der Waals surface area contributed by atoms with Crippen molar-refractivity contribution < 1.29 is 9.90 Å². The number of carboxylic acid groups (broad SMARTS) is 1. The Morgan fingerprint density at radius 3 is 2.73 bits per heavy atom. The van der Waals surface area contributed by atoms with Crippen LogP contribution in [0.4, 0.5) is 0 Å². The normalized spacial score (nSPS) is 9.67. The van der Waals surface area contributed by atoms with E-state index < -0.39 is 5.97 Å². The lowest BCUT2D eigenvalue weighted by molar-refractivity contribution is -0.136. The Bertz CT molecular complexity index is 435. The molecule has 0 aliphatic carbocycles. The number of nitrogens with zero attached hydrogens (tertiary/aromatic N) is 1. The number of nitriles is 1. The summed E-state index contributed by atoms with van der Waals surface area (Å²) >= 11 is 3.33. The van der Waals surface area contributed by atoms with Crippen molar-refractivity contribution in [3.8, 4) is 6.07 Å². The third-order valence-corrected chi connectivity index (χ3v) is 3.06. The summed E-state index contributed by atoms with van der Waals surface area (Å²) in [6, 6.07) is 5.40. The summed E-state index contributed by atoms with van der Waals surface area (Å²) in [6.07, 6.45) is 0.701. The number of rotatable bonds is 3. The maximum absolute atomic E-state index is 10.6. The molecule has 0 atom stereocenters. The zero-order valence-corrected chi connectivity index (χ0v) is 9.84. The topological polar surface area (TPSA) is 61.1 Å². The van der Waals surface area contributed by atoms with Gasteiger partial charge in [-0.25, -0.2) is 0 Å². The predicted octanol–water partition coefficient (Wildman–Crippen LogP) is 2.51. The number of halogens is 1. The molecule has 1 aromatic carbocycles. The van der Waals surface area contributed by atoms with E-state index in [1.165, 1.54) is 0 Å². The van der Waals surface area contributed by atoms with Gasteiger partial charge < -0.3 is 5.11 Å². The molecule has 0 aromatic heterocycles. The van der Waals surface area contributed by atoms with E-state index in [4.69, 9.17) is 10.4 Å². The van der Waals surface area contributed by atoms with Crippen LogP contribution in [0, 0.1) is 11.3 Å². The molecule has 1 rings (SSSR count). The van der Waals surface area contributed by atoms with Crippen LogP contribution in [0.2, 0.25) is 0 Å². The van der Waals surface area contributed by atoms with Gasteiger partial charge in [0.2, 0.25) is 0 Å². The van der Waals surface area contributed by atoms with Crippen molar-refractivity contribution in [2.45, 2.75) is 19.8 Å². The summed E-state index contributed by atoms with van der Waals surface area (Å²) in [5.41, 5.74) is 2.20. The van der Waals surface area contributed by atoms with Crippen molar-refractivity contribution in [2.75, 3.05) is 0 Å². The van der Waals surface area contributed by atoms with Gasteiger partial charge in [-0.05, 0) is 39.5 Å². The Labute approximate surface area is 96.5 Å². The molecule has 0 radical (unpaired) electrons. The quantitative estimate of drug-likeness (QED) is 0.916. The van der Waals surface area contributed by atoms with E-state index in [1.54, 1.807) is 12.1 Å². The molecule has 0 saturated heterocycles. The van der Waals surface area contributed by atoms with Gasteiger partial charge in [0, 0.05) is 4.47 Å². The second-order valence-electron chi connectivity index (χ2n) is 3.10. The van der Waals surface area contributed by atoms with Gasteiger partial charge >= 0.3 is 5.97 Å². The number of aliphatic carboxylic acids is 1. The summed E-state index contributed by atoms with van der Waals surface area (Å²) in [5, 5.41) is 17.5. The first-order valence-corrected chi connectivity index (χ1v) is 5.31. The molecule has 15 heavy (non-hydrogen) atoms. The van der Waals surface area contributed by atoms with Crippen molar-refractivity contribution >= 4 is 21.9 Å². The first-order valence-electron chi connectivity index (χ1n) is 4.52. The lowest BCUT2D eigenvalue weighted by atomic mass is 10.00. The fourth-order valence-electron chi connectivity index (χ4n) is 1.46. The summed E-state index contributed by atoms with van der Waals surface area (Å²) in [5.74, 6) is -0.860. The Kier molecular flexibility index (Phi) is 3.87. The molecular formula is C11H10BrNO2. The highest BCUT2D eigenvalue weighted by atomic mass is 79.9. The van der Waals surface area contributed by atoms with Crippen LogP contribution in [0.25, 0.3) is 0 Å². The summed E-state index contributed by atoms with van der Waals surface area (Å²) in [6.45, 7) is 1.94. The molecule has 4 heteroatoms. The van der Waals surface area contributed by atoms with Crippen LogP contribution in [0.1, 0.15) is 23.6 Å². The largest absolute Gasteiger partial charge is 0.481 e. The zero-order chi connectivity index (χ0) is 11.4. The Morgan fingerprint density at radius 2 is 2.27 bits per heavy atom. The molecule has 1 N–H and O–H groups in total. The van der Waals surface area contributed by atoms with Gasteiger partial charge in [0.1, 0.15) is 6.07 Å². The first kappa shape index (κ1) is 11.7. The van der Waals surface area contributed by atoms with E-state index in [-0.39, 0.29) is 6.42 Å². The fraction of sp³-hybridized carbons (Fsp3) is 0.273. The minimum Gasteiger partial charge on any atom is -0.481 e. The molecule has 0 heterocycles. The van der Waals surface area contributed by atoms with Gasteiger partial charge in [0.25, 0.3) is 0 Å². The second-order valence-corrected chi connectivity index (χ2v) is 3.89. The van der Waals surface area contributed by atoms with Gasteiger partial charge in [-0.3, -0.25) is 4.79 Å². The third kappa shape index (κ3) is 2.57. The SMILES string of the molecule is CCc1c(CC(=O)O)ccc(C#N)c1Br. The van der Waals surface area contributed by atoms with E-state index in [0.29, 0.717) is 16.5 Å². The molecule has 0 aliphatic rings. The monoisotopic (exact) mass is 267 g/mol. The van der Waals surface area contributed by atoms with Gasteiger partial charge in [-0.2, -0.15) is 5.26 Å². The molecule has 0 aliphatic heterocycles. The minimum absolute atomic E-state index is 0.00647. The maximum Gasteiger partial charge on any atom is 0.307 e. The van der Waals surface area contributed by atoms with Crippen molar-refractivity contribution in [1.29, 1.82) is 5.26 Å². The van der Waals surface area contributed by atoms with Crippen LogP contribution < -0.4 is 0 Å². The zero-order valence-electron chi connectivity index (χ0n) is 8.25. The van der Waals surface area contributed by atoms with Gasteiger partial charge in [0.15, 0.2) is 0 Å². The van der Waals surface area contributed by atoms with Crippen LogP contribution in [-0.2, 0) is 17.6 Å². The smallest absolute Gasteiger partial charge is 0.307 e. The molecule has 0 spiro atoms. The second kappa shape index (κ2) is 4.94. The summed E-state index contributed by atoms with van der Waals surface area (Å²) < 4.78 is 0.714. The number of carboxylic acids is 1. The Morgan fingerprint density at radius 1 is 1.60 bits per heavy atom. The lowest BCUT2D eigenvalue weighted by Crippen LogP contribution is -2.04. The van der Waals surface area contributed by atoms with E-state index in [2.05, 4.69) is 22.0 Å². The Hall–Kier alpha value is -1.34. The highest BCUT2D eigenvalue weighted by Crippen LogP contribution is 2.25. The molecule has 0 unspecified atom stereocenters. The standard InChI is InChI=1S/C11H10BrNO2/c1-2-9-7(5-10(14)15)3-4-8(6-13)11(9)12/h3-4H,2,5H2,1H3,(H,14,15).